The summed E-state index contributed by atoms with van der Waals surface area (Å²) in [6.45, 7) is 8.77. The lowest BCUT2D eigenvalue weighted by atomic mass is 10.2. The van der Waals surface area contributed by atoms with E-state index in [-0.39, 0.29) is 11.9 Å². The highest BCUT2D eigenvalue weighted by molar-refractivity contribution is 5.76. The summed E-state index contributed by atoms with van der Waals surface area (Å²) < 4.78 is 4.85. The van der Waals surface area contributed by atoms with E-state index in [4.69, 9.17) is 4.74 Å². The highest BCUT2D eigenvalue weighted by Crippen LogP contribution is 2.00. The molecule has 0 unspecified atom stereocenters. The molecule has 0 fully saturated rings. The lowest BCUT2D eigenvalue weighted by molar-refractivity contribution is -0.143. The van der Waals surface area contributed by atoms with Gasteiger partial charge < -0.3 is 15.4 Å². The van der Waals surface area contributed by atoms with E-state index < -0.39 is 0 Å². The van der Waals surface area contributed by atoms with E-state index in [1.165, 1.54) is 0 Å². The molecule has 118 valence electrons. The molecule has 0 atom stereocenters. The van der Waals surface area contributed by atoms with Crippen LogP contribution in [0.5, 0.6) is 0 Å². The molecule has 2 N–H and O–H groups in total. The second kappa shape index (κ2) is 12.9. The molecule has 0 bridgehead atoms. The van der Waals surface area contributed by atoms with Gasteiger partial charge in [-0.05, 0) is 32.2 Å². The largest absolute Gasteiger partial charge is 0.466 e. The first-order valence-electron chi connectivity index (χ1n) is 7.69. The van der Waals surface area contributed by atoms with Crippen molar-refractivity contribution < 1.29 is 14.3 Å². The molecular weight excluding hydrogens is 256 g/mol. The molecule has 0 aromatic carbocycles. The Balaban J connectivity index is 3.24. The van der Waals surface area contributed by atoms with Gasteiger partial charge in [0.15, 0.2) is 0 Å². The van der Waals surface area contributed by atoms with E-state index in [1.807, 2.05) is 6.92 Å². The third-order valence-electron chi connectivity index (χ3n) is 2.78. The fourth-order valence-electron chi connectivity index (χ4n) is 1.66. The highest BCUT2D eigenvalue weighted by Gasteiger charge is 2.02. The number of carbonyl (C=O) groups excluding carboxylic acids is 2. The van der Waals surface area contributed by atoms with Crippen LogP contribution in [0.4, 0.5) is 0 Å². The van der Waals surface area contributed by atoms with Crippen molar-refractivity contribution in [1.29, 1.82) is 0 Å². The second-order valence-electron chi connectivity index (χ2n) is 5.31. The minimum atomic E-state index is -0.109. The van der Waals surface area contributed by atoms with Gasteiger partial charge in [0.05, 0.1) is 6.61 Å². The summed E-state index contributed by atoms with van der Waals surface area (Å²) in [5.74, 6) is 0.488. The summed E-state index contributed by atoms with van der Waals surface area (Å²) in [5.41, 5.74) is 0. The fraction of sp³-hybridized carbons (Fsp3) is 0.867. The number of ether oxygens (including phenoxy) is 1. The van der Waals surface area contributed by atoms with Crippen molar-refractivity contribution in [1.82, 2.24) is 10.6 Å². The van der Waals surface area contributed by atoms with Crippen molar-refractivity contribution in [3.63, 3.8) is 0 Å². The van der Waals surface area contributed by atoms with Crippen molar-refractivity contribution in [2.75, 3.05) is 26.2 Å². The first kappa shape index (κ1) is 18.9. The Hall–Kier alpha value is -1.10. The zero-order valence-corrected chi connectivity index (χ0v) is 13.2. The van der Waals surface area contributed by atoms with Gasteiger partial charge in [-0.1, -0.05) is 20.3 Å². The van der Waals surface area contributed by atoms with E-state index in [0.29, 0.717) is 31.9 Å². The lowest BCUT2D eigenvalue weighted by Gasteiger charge is -2.08. The van der Waals surface area contributed by atoms with Crippen molar-refractivity contribution in [2.45, 2.75) is 52.9 Å². The average molecular weight is 286 g/mol. The summed E-state index contributed by atoms with van der Waals surface area (Å²) in [4.78, 5) is 22.5. The quantitative estimate of drug-likeness (QED) is 0.424. The van der Waals surface area contributed by atoms with Crippen LogP contribution >= 0.6 is 0 Å². The summed E-state index contributed by atoms with van der Waals surface area (Å²) in [6.07, 6.45) is 3.93. The Morgan fingerprint density at radius 1 is 1.05 bits per heavy atom. The number of hydrogen-bond donors (Lipinski definition) is 2. The molecule has 0 aliphatic rings. The summed E-state index contributed by atoms with van der Waals surface area (Å²) in [7, 11) is 0. The van der Waals surface area contributed by atoms with Crippen LogP contribution < -0.4 is 10.6 Å². The lowest BCUT2D eigenvalue weighted by Crippen LogP contribution is -2.30. The standard InChI is InChI=1S/C15H30N2O3/c1-4-20-15(19)8-6-5-7-10-16-11-9-14(18)17-12-13(2)3/h13,16H,4-12H2,1-3H3,(H,17,18). The zero-order chi connectivity index (χ0) is 15.2. The molecule has 0 aliphatic heterocycles. The third-order valence-corrected chi connectivity index (χ3v) is 2.78. The Kier molecular flexibility index (Phi) is 12.2. The van der Waals surface area contributed by atoms with Crippen molar-refractivity contribution in [2.24, 2.45) is 5.92 Å². The highest BCUT2D eigenvalue weighted by atomic mass is 16.5. The SMILES string of the molecule is CCOC(=O)CCCCCNCCC(=O)NCC(C)C. The van der Waals surface area contributed by atoms with Gasteiger partial charge >= 0.3 is 5.97 Å². The molecular formula is C15H30N2O3. The monoisotopic (exact) mass is 286 g/mol. The third kappa shape index (κ3) is 13.3. The molecule has 0 rings (SSSR count). The van der Waals surface area contributed by atoms with Crippen molar-refractivity contribution in [3.8, 4) is 0 Å². The number of carbonyl (C=O) groups is 2. The molecule has 0 aliphatic carbocycles. The molecule has 5 heteroatoms. The number of nitrogens with one attached hydrogen (secondary N) is 2. The van der Waals surface area contributed by atoms with Crippen LogP contribution in [0.1, 0.15) is 52.9 Å². The Morgan fingerprint density at radius 3 is 2.45 bits per heavy atom. The maximum Gasteiger partial charge on any atom is 0.305 e. The molecule has 0 heterocycles. The predicted molar refractivity (Wildman–Crippen MR) is 80.4 cm³/mol. The van der Waals surface area contributed by atoms with Gasteiger partial charge in [0, 0.05) is 25.9 Å². The molecule has 0 saturated carbocycles. The zero-order valence-electron chi connectivity index (χ0n) is 13.2. The second-order valence-corrected chi connectivity index (χ2v) is 5.31. The summed E-state index contributed by atoms with van der Waals surface area (Å²) in [6, 6.07) is 0. The van der Waals surface area contributed by atoms with Gasteiger partial charge in [-0.15, -0.1) is 0 Å². The van der Waals surface area contributed by atoms with Crippen LogP contribution in [0, 0.1) is 5.92 Å². The number of esters is 1. The van der Waals surface area contributed by atoms with Crippen LogP contribution in [0.3, 0.4) is 0 Å². The average Bonchev–Trinajstić information content (AvgIpc) is 2.39. The summed E-state index contributed by atoms with van der Waals surface area (Å²) >= 11 is 0. The van der Waals surface area contributed by atoms with Crippen LogP contribution in [-0.4, -0.2) is 38.1 Å². The van der Waals surface area contributed by atoms with Gasteiger partial charge in [0.25, 0.3) is 0 Å². The Bertz CT molecular complexity index is 268. The molecule has 0 spiro atoms. The minimum Gasteiger partial charge on any atom is -0.466 e. The number of hydrogen-bond acceptors (Lipinski definition) is 4. The normalized spacial score (nSPS) is 10.6. The topological polar surface area (TPSA) is 67.4 Å². The predicted octanol–water partition coefficient (Wildman–Crippen LogP) is 1.86. The molecule has 20 heavy (non-hydrogen) atoms. The Morgan fingerprint density at radius 2 is 1.80 bits per heavy atom. The van der Waals surface area contributed by atoms with Gasteiger partial charge in [-0.3, -0.25) is 9.59 Å². The van der Waals surface area contributed by atoms with Gasteiger partial charge in [-0.25, -0.2) is 0 Å². The van der Waals surface area contributed by atoms with Crippen molar-refractivity contribution in [3.05, 3.63) is 0 Å². The molecule has 5 nitrogen and oxygen atoms in total. The smallest absolute Gasteiger partial charge is 0.305 e. The molecule has 0 radical (unpaired) electrons. The van der Waals surface area contributed by atoms with E-state index in [2.05, 4.69) is 24.5 Å². The molecule has 1 amide bonds. The number of unbranched alkanes of at least 4 members (excludes halogenated alkanes) is 2. The minimum absolute atomic E-state index is 0.105. The number of amides is 1. The first-order valence-corrected chi connectivity index (χ1v) is 7.69. The number of rotatable bonds is 12. The van der Waals surface area contributed by atoms with Crippen LogP contribution in [0.25, 0.3) is 0 Å². The summed E-state index contributed by atoms with van der Waals surface area (Å²) in [5, 5.41) is 6.13. The molecule has 0 aromatic heterocycles. The van der Waals surface area contributed by atoms with Crippen molar-refractivity contribution >= 4 is 11.9 Å². The maximum absolute atomic E-state index is 11.4. The van der Waals surface area contributed by atoms with Crippen LogP contribution in [-0.2, 0) is 14.3 Å². The maximum atomic E-state index is 11.4. The fourth-order valence-corrected chi connectivity index (χ4v) is 1.66. The van der Waals surface area contributed by atoms with Crippen LogP contribution in [0.15, 0.2) is 0 Å². The van der Waals surface area contributed by atoms with Gasteiger partial charge in [0.1, 0.15) is 0 Å². The van der Waals surface area contributed by atoms with Gasteiger partial charge in [-0.2, -0.15) is 0 Å². The molecule has 0 aromatic rings. The van der Waals surface area contributed by atoms with E-state index >= 15 is 0 Å². The van der Waals surface area contributed by atoms with Gasteiger partial charge in [0.2, 0.25) is 5.91 Å². The Labute approximate surface area is 122 Å². The van der Waals surface area contributed by atoms with Crippen LogP contribution in [0.2, 0.25) is 0 Å². The first-order chi connectivity index (χ1) is 9.56. The van der Waals surface area contributed by atoms with E-state index in [9.17, 15) is 9.59 Å². The molecule has 0 saturated heterocycles. The van der Waals surface area contributed by atoms with E-state index in [0.717, 1.165) is 32.4 Å². The van der Waals surface area contributed by atoms with E-state index in [1.54, 1.807) is 0 Å².